The molecule has 1 aliphatic rings. The van der Waals surface area contributed by atoms with E-state index in [0.29, 0.717) is 12.3 Å². The Hall–Kier alpha value is -1.45. The predicted octanol–water partition coefficient (Wildman–Crippen LogP) is 3.45. The maximum Gasteiger partial charge on any atom is 0.133 e. The molecule has 1 aliphatic heterocycles. The van der Waals surface area contributed by atoms with E-state index >= 15 is 0 Å². The van der Waals surface area contributed by atoms with Crippen LogP contribution in [0.3, 0.4) is 0 Å². The molecule has 1 aromatic carbocycles. The molecule has 0 atom stereocenters. The van der Waals surface area contributed by atoms with Crippen molar-refractivity contribution in [2.24, 2.45) is 0 Å². The molecule has 3 nitrogen and oxygen atoms in total. The highest BCUT2D eigenvalue weighted by atomic mass is 35.5. The quantitative estimate of drug-likeness (QED) is 0.939. The molecule has 2 aromatic rings. The van der Waals surface area contributed by atoms with Gasteiger partial charge in [0.25, 0.3) is 0 Å². The molecule has 1 aromatic heterocycles. The van der Waals surface area contributed by atoms with Crippen molar-refractivity contribution in [2.45, 2.75) is 39.3 Å². The number of rotatable bonds is 3. The summed E-state index contributed by atoms with van der Waals surface area (Å²) in [6.07, 6.45) is 0.687. The van der Waals surface area contributed by atoms with E-state index in [1.54, 1.807) is 0 Å². The van der Waals surface area contributed by atoms with Gasteiger partial charge in [-0.1, -0.05) is 43.6 Å². The Morgan fingerprint density at radius 2 is 2.00 bits per heavy atom. The molecule has 4 heteroatoms. The second kappa shape index (κ2) is 5.51. The Labute approximate surface area is 124 Å². The van der Waals surface area contributed by atoms with Gasteiger partial charge < -0.3 is 5.32 Å². The van der Waals surface area contributed by atoms with Crippen LogP contribution in [-0.2, 0) is 19.5 Å². The zero-order valence-corrected chi connectivity index (χ0v) is 12.5. The molecule has 0 saturated carbocycles. The summed E-state index contributed by atoms with van der Waals surface area (Å²) < 4.78 is 0. The molecule has 0 unspecified atom stereocenters. The topological polar surface area (TPSA) is 37.8 Å². The summed E-state index contributed by atoms with van der Waals surface area (Å²) >= 11 is 6.23. The standard InChI is InChI=1S/C16H18ClN3/c1-10(2)16-12-8-18-9-14(12)19-15(20-16)7-11-5-3-4-6-13(11)17/h3-6,10,18H,7-9H2,1-2H3. The molecule has 0 bridgehead atoms. The number of fused-ring (bicyclic) bond motifs is 1. The largest absolute Gasteiger partial charge is 0.307 e. The lowest BCUT2D eigenvalue weighted by Gasteiger charge is -2.12. The van der Waals surface area contributed by atoms with E-state index in [1.165, 1.54) is 11.3 Å². The Morgan fingerprint density at radius 1 is 1.20 bits per heavy atom. The van der Waals surface area contributed by atoms with Crippen LogP contribution in [0.4, 0.5) is 0 Å². The van der Waals surface area contributed by atoms with Gasteiger partial charge in [-0.2, -0.15) is 0 Å². The van der Waals surface area contributed by atoms with Gasteiger partial charge in [-0.05, 0) is 17.5 Å². The second-order valence-corrected chi connectivity index (χ2v) is 5.88. The summed E-state index contributed by atoms with van der Waals surface area (Å²) in [6.45, 7) is 6.09. The maximum atomic E-state index is 6.23. The van der Waals surface area contributed by atoms with E-state index < -0.39 is 0 Å². The second-order valence-electron chi connectivity index (χ2n) is 5.48. The van der Waals surface area contributed by atoms with Crippen molar-refractivity contribution < 1.29 is 0 Å². The molecular formula is C16H18ClN3. The Morgan fingerprint density at radius 3 is 2.75 bits per heavy atom. The first kappa shape index (κ1) is 13.5. The first-order valence-electron chi connectivity index (χ1n) is 6.98. The van der Waals surface area contributed by atoms with Gasteiger partial charge in [0.05, 0.1) is 11.4 Å². The average molecular weight is 288 g/mol. The average Bonchev–Trinajstić information content (AvgIpc) is 2.88. The fourth-order valence-corrected chi connectivity index (χ4v) is 2.82. The SMILES string of the molecule is CC(C)c1nc(Cc2ccccc2Cl)nc2c1CNC2. The van der Waals surface area contributed by atoms with Gasteiger partial charge in [0.1, 0.15) is 5.82 Å². The maximum absolute atomic E-state index is 6.23. The summed E-state index contributed by atoms with van der Waals surface area (Å²) in [5.41, 5.74) is 4.67. The first-order chi connectivity index (χ1) is 9.65. The van der Waals surface area contributed by atoms with Crippen LogP contribution in [0.2, 0.25) is 5.02 Å². The smallest absolute Gasteiger partial charge is 0.133 e. The van der Waals surface area contributed by atoms with Gasteiger partial charge in [-0.3, -0.25) is 0 Å². The van der Waals surface area contributed by atoms with Crippen molar-refractivity contribution in [2.75, 3.05) is 0 Å². The number of hydrogen-bond donors (Lipinski definition) is 1. The summed E-state index contributed by atoms with van der Waals surface area (Å²) in [5.74, 6) is 1.28. The highest BCUT2D eigenvalue weighted by molar-refractivity contribution is 6.31. The zero-order valence-electron chi connectivity index (χ0n) is 11.8. The lowest BCUT2D eigenvalue weighted by Crippen LogP contribution is -2.08. The fourth-order valence-electron chi connectivity index (χ4n) is 2.62. The molecule has 0 spiro atoms. The van der Waals surface area contributed by atoms with Crippen molar-refractivity contribution in [3.05, 3.63) is 57.6 Å². The van der Waals surface area contributed by atoms with Crippen molar-refractivity contribution in [1.82, 2.24) is 15.3 Å². The molecule has 0 amide bonds. The van der Waals surface area contributed by atoms with Crippen LogP contribution in [0.1, 0.15) is 48.1 Å². The number of benzene rings is 1. The van der Waals surface area contributed by atoms with Crippen molar-refractivity contribution >= 4 is 11.6 Å². The molecular weight excluding hydrogens is 270 g/mol. The van der Waals surface area contributed by atoms with Crippen LogP contribution in [0.5, 0.6) is 0 Å². The summed E-state index contributed by atoms with van der Waals surface area (Å²) in [7, 11) is 0. The van der Waals surface area contributed by atoms with Crippen LogP contribution >= 0.6 is 11.6 Å². The molecule has 104 valence electrons. The van der Waals surface area contributed by atoms with E-state index in [4.69, 9.17) is 21.6 Å². The number of halogens is 1. The van der Waals surface area contributed by atoms with Gasteiger partial charge in [0.15, 0.2) is 0 Å². The lowest BCUT2D eigenvalue weighted by atomic mass is 10.0. The molecule has 0 fully saturated rings. The normalized spacial score (nSPS) is 13.8. The van der Waals surface area contributed by atoms with E-state index in [1.807, 2.05) is 24.3 Å². The van der Waals surface area contributed by atoms with Crippen LogP contribution in [0.25, 0.3) is 0 Å². The molecule has 0 radical (unpaired) electrons. The molecule has 2 heterocycles. The number of nitrogens with one attached hydrogen (secondary N) is 1. The van der Waals surface area contributed by atoms with E-state index in [-0.39, 0.29) is 0 Å². The Kier molecular flexibility index (Phi) is 3.72. The first-order valence-corrected chi connectivity index (χ1v) is 7.35. The van der Waals surface area contributed by atoms with E-state index in [2.05, 4.69) is 19.2 Å². The summed E-state index contributed by atoms with van der Waals surface area (Å²) in [4.78, 5) is 9.47. The highest BCUT2D eigenvalue weighted by Gasteiger charge is 2.20. The fraction of sp³-hybridized carbons (Fsp3) is 0.375. The van der Waals surface area contributed by atoms with Gasteiger partial charge in [0, 0.05) is 30.1 Å². The third kappa shape index (κ3) is 2.56. The molecule has 0 saturated heterocycles. The molecule has 0 aliphatic carbocycles. The van der Waals surface area contributed by atoms with Crippen LogP contribution in [0, 0.1) is 0 Å². The minimum atomic E-state index is 0.414. The minimum absolute atomic E-state index is 0.414. The van der Waals surface area contributed by atoms with Crippen LogP contribution in [-0.4, -0.2) is 9.97 Å². The molecule has 20 heavy (non-hydrogen) atoms. The number of nitrogens with zero attached hydrogens (tertiary/aromatic N) is 2. The van der Waals surface area contributed by atoms with Gasteiger partial charge >= 0.3 is 0 Å². The van der Waals surface area contributed by atoms with Gasteiger partial charge in [0.2, 0.25) is 0 Å². The van der Waals surface area contributed by atoms with Gasteiger partial charge in [-0.15, -0.1) is 0 Å². The molecule has 1 N–H and O–H groups in total. The zero-order chi connectivity index (χ0) is 14.1. The number of aromatic nitrogens is 2. The Bertz CT molecular complexity index is 638. The predicted molar refractivity (Wildman–Crippen MR) is 80.9 cm³/mol. The summed E-state index contributed by atoms with van der Waals surface area (Å²) in [6, 6.07) is 7.89. The van der Waals surface area contributed by atoms with Crippen LogP contribution in [0.15, 0.2) is 24.3 Å². The van der Waals surface area contributed by atoms with Crippen LogP contribution < -0.4 is 5.32 Å². The van der Waals surface area contributed by atoms with E-state index in [0.717, 1.165) is 35.2 Å². The molecule has 3 rings (SSSR count). The highest BCUT2D eigenvalue weighted by Crippen LogP contribution is 2.25. The number of hydrogen-bond acceptors (Lipinski definition) is 3. The van der Waals surface area contributed by atoms with Crippen molar-refractivity contribution in [3.8, 4) is 0 Å². The van der Waals surface area contributed by atoms with Crippen molar-refractivity contribution in [3.63, 3.8) is 0 Å². The lowest BCUT2D eigenvalue weighted by molar-refractivity contribution is 0.745. The van der Waals surface area contributed by atoms with Gasteiger partial charge in [-0.25, -0.2) is 9.97 Å². The summed E-state index contributed by atoms with van der Waals surface area (Å²) in [5, 5.41) is 4.14. The monoisotopic (exact) mass is 287 g/mol. The Balaban J connectivity index is 1.99. The van der Waals surface area contributed by atoms with E-state index in [9.17, 15) is 0 Å². The van der Waals surface area contributed by atoms with Crippen molar-refractivity contribution in [1.29, 1.82) is 0 Å². The minimum Gasteiger partial charge on any atom is -0.307 e. The third-order valence-corrected chi connectivity index (χ3v) is 3.99. The third-order valence-electron chi connectivity index (χ3n) is 3.62.